The Kier molecular flexibility index (Phi) is 4.84. The number of carbonyl (C=O) groups excluding carboxylic acids is 1. The van der Waals surface area contributed by atoms with Gasteiger partial charge in [-0.25, -0.2) is 0 Å². The predicted molar refractivity (Wildman–Crippen MR) is 59.5 cm³/mol. The van der Waals surface area contributed by atoms with Crippen LogP contribution in [0.15, 0.2) is 0 Å². The summed E-state index contributed by atoms with van der Waals surface area (Å²) in [6.45, 7) is 0.459. The van der Waals surface area contributed by atoms with E-state index in [0.717, 1.165) is 19.3 Å². The van der Waals surface area contributed by atoms with Crippen LogP contribution in [0.3, 0.4) is 0 Å². The summed E-state index contributed by atoms with van der Waals surface area (Å²) in [5.74, 6) is 1.34. The van der Waals surface area contributed by atoms with E-state index in [0.29, 0.717) is 19.4 Å². The summed E-state index contributed by atoms with van der Waals surface area (Å²) in [7, 11) is 0. The first kappa shape index (κ1) is 12.6. The zero-order valence-electron chi connectivity index (χ0n) is 9.24. The number of nitrogens with one attached hydrogen (secondary N) is 1. The van der Waals surface area contributed by atoms with E-state index in [9.17, 15) is 9.59 Å². The van der Waals surface area contributed by atoms with Crippen molar-refractivity contribution in [2.75, 3.05) is 6.54 Å². The lowest BCUT2D eigenvalue weighted by atomic mass is 9.96. The van der Waals surface area contributed by atoms with Crippen LogP contribution in [0, 0.1) is 24.2 Å². The highest BCUT2D eigenvalue weighted by atomic mass is 16.4. The van der Waals surface area contributed by atoms with Gasteiger partial charge in [0.05, 0.1) is 5.92 Å². The molecule has 0 bridgehead atoms. The topological polar surface area (TPSA) is 66.4 Å². The lowest BCUT2D eigenvalue weighted by molar-refractivity contribution is -0.143. The first-order valence-corrected chi connectivity index (χ1v) is 5.58. The molecule has 1 aliphatic carbocycles. The van der Waals surface area contributed by atoms with Gasteiger partial charge in [-0.3, -0.25) is 9.59 Å². The third kappa shape index (κ3) is 3.58. The maximum atomic E-state index is 11.3. The van der Waals surface area contributed by atoms with Gasteiger partial charge in [0.15, 0.2) is 0 Å². The highest BCUT2D eigenvalue weighted by Crippen LogP contribution is 2.31. The van der Waals surface area contributed by atoms with E-state index >= 15 is 0 Å². The van der Waals surface area contributed by atoms with Crippen LogP contribution >= 0.6 is 0 Å². The second-order valence-electron chi connectivity index (χ2n) is 4.14. The van der Waals surface area contributed by atoms with E-state index in [1.165, 1.54) is 0 Å². The monoisotopic (exact) mass is 223 g/mol. The number of hydrogen-bond acceptors (Lipinski definition) is 2. The van der Waals surface area contributed by atoms with Gasteiger partial charge >= 0.3 is 5.97 Å². The molecule has 0 aromatic carbocycles. The molecule has 1 amide bonds. The Morgan fingerprint density at radius 1 is 1.44 bits per heavy atom. The van der Waals surface area contributed by atoms with Crippen molar-refractivity contribution in [3.05, 3.63) is 0 Å². The van der Waals surface area contributed by atoms with Gasteiger partial charge < -0.3 is 10.4 Å². The van der Waals surface area contributed by atoms with Gasteiger partial charge in [-0.05, 0) is 18.8 Å². The number of carboxylic acids is 1. The molecular formula is C12H17NO3. The zero-order valence-corrected chi connectivity index (χ0v) is 9.24. The Balaban J connectivity index is 2.29. The van der Waals surface area contributed by atoms with Crippen molar-refractivity contribution >= 4 is 11.9 Å². The van der Waals surface area contributed by atoms with Crippen LogP contribution in [0.1, 0.15) is 32.1 Å². The quantitative estimate of drug-likeness (QED) is 0.684. The molecule has 0 heterocycles. The van der Waals surface area contributed by atoms with Crippen LogP contribution in [0.5, 0.6) is 0 Å². The highest BCUT2D eigenvalue weighted by molar-refractivity contribution is 5.76. The molecule has 2 unspecified atom stereocenters. The van der Waals surface area contributed by atoms with Crippen molar-refractivity contribution in [3.8, 4) is 12.3 Å². The van der Waals surface area contributed by atoms with Gasteiger partial charge in [-0.1, -0.05) is 6.42 Å². The van der Waals surface area contributed by atoms with E-state index in [4.69, 9.17) is 11.5 Å². The molecule has 0 spiro atoms. The standard InChI is InChI=1S/C12H17NO3/c1-2-3-7-11(14)13-8-9-5-4-6-10(9)12(15)16/h1,9-10H,3-8H2,(H,13,14)(H,15,16). The van der Waals surface area contributed by atoms with Crippen LogP contribution < -0.4 is 5.32 Å². The molecule has 0 aromatic heterocycles. The fraction of sp³-hybridized carbons (Fsp3) is 0.667. The summed E-state index contributed by atoms with van der Waals surface area (Å²) >= 11 is 0. The summed E-state index contributed by atoms with van der Waals surface area (Å²) in [6, 6.07) is 0. The van der Waals surface area contributed by atoms with Crippen LogP contribution in [0.4, 0.5) is 0 Å². The minimum Gasteiger partial charge on any atom is -0.481 e. The molecule has 0 saturated heterocycles. The summed E-state index contributed by atoms with van der Waals surface area (Å²) in [5, 5.41) is 11.7. The third-order valence-electron chi connectivity index (χ3n) is 3.03. The molecule has 0 aromatic rings. The molecular weight excluding hydrogens is 206 g/mol. The van der Waals surface area contributed by atoms with Crippen LogP contribution in [-0.4, -0.2) is 23.5 Å². The number of aliphatic carboxylic acids is 1. The van der Waals surface area contributed by atoms with E-state index < -0.39 is 5.97 Å². The Morgan fingerprint density at radius 3 is 2.81 bits per heavy atom. The minimum atomic E-state index is -0.750. The number of terminal acetylenes is 1. The Hall–Kier alpha value is -1.50. The Labute approximate surface area is 95.4 Å². The molecule has 0 aliphatic heterocycles. The van der Waals surface area contributed by atoms with Crippen LogP contribution in [0.2, 0.25) is 0 Å². The third-order valence-corrected chi connectivity index (χ3v) is 3.03. The first-order valence-electron chi connectivity index (χ1n) is 5.58. The number of hydrogen-bond donors (Lipinski definition) is 2. The summed E-state index contributed by atoms with van der Waals surface area (Å²) < 4.78 is 0. The van der Waals surface area contributed by atoms with Crippen molar-refractivity contribution in [1.29, 1.82) is 0 Å². The normalized spacial score (nSPS) is 23.7. The molecule has 1 rings (SSSR count). The average Bonchev–Trinajstić information content (AvgIpc) is 2.71. The number of carboxylic acid groups (broad SMARTS) is 1. The minimum absolute atomic E-state index is 0.0762. The first-order chi connectivity index (χ1) is 7.65. The average molecular weight is 223 g/mol. The SMILES string of the molecule is C#CCCC(=O)NCC1CCCC1C(=O)O. The maximum Gasteiger partial charge on any atom is 0.306 e. The smallest absolute Gasteiger partial charge is 0.306 e. The van der Waals surface area contributed by atoms with Crippen molar-refractivity contribution < 1.29 is 14.7 Å². The second-order valence-corrected chi connectivity index (χ2v) is 4.14. The molecule has 1 fully saturated rings. The second kappa shape index (κ2) is 6.16. The predicted octanol–water partition coefficient (Wildman–Crippen LogP) is 1.02. The van der Waals surface area contributed by atoms with Gasteiger partial charge in [0.25, 0.3) is 0 Å². The van der Waals surface area contributed by atoms with Crippen molar-refractivity contribution in [1.82, 2.24) is 5.32 Å². The zero-order chi connectivity index (χ0) is 12.0. The fourth-order valence-corrected chi connectivity index (χ4v) is 2.13. The fourth-order valence-electron chi connectivity index (χ4n) is 2.13. The lowest BCUT2D eigenvalue weighted by Gasteiger charge is -2.16. The van der Waals surface area contributed by atoms with E-state index in [-0.39, 0.29) is 17.7 Å². The summed E-state index contributed by atoms with van der Waals surface area (Å²) in [4.78, 5) is 22.2. The van der Waals surface area contributed by atoms with Gasteiger partial charge in [0, 0.05) is 19.4 Å². The molecule has 1 aliphatic rings. The molecule has 4 nitrogen and oxygen atoms in total. The Morgan fingerprint density at radius 2 is 2.19 bits per heavy atom. The molecule has 88 valence electrons. The molecule has 2 N–H and O–H groups in total. The summed E-state index contributed by atoms with van der Waals surface area (Å²) in [6.07, 6.45) is 8.34. The van der Waals surface area contributed by atoms with Crippen LogP contribution in [-0.2, 0) is 9.59 Å². The van der Waals surface area contributed by atoms with Gasteiger partial charge in [0.2, 0.25) is 5.91 Å². The van der Waals surface area contributed by atoms with Crippen molar-refractivity contribution in [3.63, 3.8) is 0 Å². The van der Waals surface area contributed by atoms with Gasteiger partial charge in [-0.15, -0.1) is 12.3 Å². The molecule has 2 atom stereocenters. The number of amides is 1. The van der Waals surface area contributed by atoms with E-state index in [1.807, 2.05) is 0 Å². The van der Waals surface area contributed by atoms with Gasteiger partial charge in [-0.2, -0.15) is 0 Å². The highest BCUT2D eigenvalue weighted by Gasteiger charge is 2.32. The molecule has 16 heavy (non-hydrogen) atoms. The van der Waals surface area contributed by atoms with Crippen molar-refractivity contribution in [2.24, 2.45) is 11.8 Å². The summed E-state index contributed by atoms with van der Waals surface area (Å²) in [5.41, 5.74) is 0. The molecule has 0 radical (unpaired) electrons. The maximum absolute atomic E-state index is 11.3. The van der Waals surface area contributed by atoms with E-state index in [2.05, 4.69) is 11.2 Å². The molecule has 4 heteroatoms. The van der Waals surface area contributed by atoms with E-state index in [1.54, 1.807) is 0 Å². The molecule has 1 saturated carbocycles. The number of carbonyl (C=O) groups is 2. The Bertz CT molecular complexity index is 306. The van der Waals surface area contributed by atoms with Crippen LogP contribution in [0.25, 0.3) is 0 Å². The van der Waals surface area contributed by atoms with Gasteiger partial charge in [0.1, 0.15) is 0 Å². The largest absolute Gasteiger partial charge is 0.481 e. The van der Waals surface area contributed by atoms with Crippen molar-refractivity contribution in [2.45, 2.75) is 32.1 Å². The lowest BCUT2D eigenvalue weighted by Crippen LogP contribution is -2.32. The number of rotatable bonds is 5.